The number of carboxylic acids is 1. The van der Waals surface area contributed by atoms with Gasteiger partial charge in [-0.15, -0.1) is 0 Å². The van der Waals surface area contributed by atoms with Crippen LogP contribution in [0.2, 0.25) is 0 Å². The number of carboxylic acid groups (broad SMARTS) is 1. The highest BCUT2D eigenvalue weighted by atomic mass is 31.2. The van der Waals surface area contributed by atoms with E-state index in [-0.39, 0.29) is 31.9 Å². The molecule has 0 bridgehead atoms. The first-order valence-corrected chi connectivity index (χ1v) is 14.0. The maximum atomic E-state index is 12.4. The van der Waals surface area contributed by atoms with Crippen LogP contribution in [-0.4, -0.2) is 118 Å². The Kier molecular flexibility index (Phi) is 15.4. The van der Waals surface area contributed by atoms with E-state index < -0.39 is 99.5 Å². The number of nitrogens with one attached hydrogen (secondary N) is 3. The fourth-order valence-electron chi connectivity index (χ4n) is 3.21. The summed E-state index contributed by atoms with van der Waals surface area (Å²) in [5.41, 5.74) is 16.1. The fraction of sp³-hybridized carbons (Fsp3) is 0.619. The van der Waals surface area contributed by atoms with Gasteiger partial charge in [0.05, 0.1) is 32.2 Å². The molecule has 1 heterocycles. The number of aliphatic carboxylic acids is 1. The molecule has 22 heteroatoms. The lowest BCUT2D eigenvalue weighted by Crippen LogP contribution is -2.51. The number of aliphatic imine (C=N–C) groups is 1. The Bertz CT molecular complexity index is 1130. The highest BCUT2D eigenvalue weighted by Gasteiger charge is 2.43. The normalized spacial score (nSPS) is 18.0. The van der Waals surface area contributed by atoms with Crippen molar-refractivity contribution in [2.75, 3.05) is 32.8 Å². The zero-order valence-electron chi connectivity index (χ0n) is 22.7. The van der Waals surface area contributed by atoms with Gasteiger partial charge >= 0.3 is 19.8 Å². The van der Waals surface area contributed by atoms with Gasteiger partial charge in [-0.1, -0.05) is 0 Å². The molecule has 1 rings (SSSR count). The molecule has 5 atom stereocenters. The Morgan fingerprint density at radius 1 is 1.14 bits per heavy atom. The molecule has 14 N–H and O–H groups in total. The number of hydrogen-bond donors (Lipinski definition) is 11. The zero-order chi connectivity index (χ0) is 32.7. The average molecular weight is 642 g/mol. The maximum Gasteiger partial charge on any atom is 0.527 e. The minimum atomic E-state index is -5.01. The molecule has 21 nitrogen and oxygen atoms in total. The summed E-state index contributed by atoms with van der Waals surface area (Å²) in [4.78, 5) is 73.0. The fourth-order valence-corrected chi connectivity index (χ4v) is 4.02. The van der Waals surface area contributed by atoms with Crippen LogP contribution >= 0.6 is 7.82 Å². The van der Waals surface area contributed by atoms with Gasteiger partial charge in [0, 0.05) is 13.1 Å². The molecule has 0 aromatic rings. The molecule has 43 heavy (non-hydrogen) atoms. The summed E-state index contributed by atoms with van der Waals surface area (Å²) in [6, 6.07) is -2.53. The molecule has 0 aliphatic carbocycles. The van der Waals surface area contributed by atoms with E-state index in [0.29, 0.717) is 6.42 Å². The number of rotatable bonds is 20. The first-order valence-electron chi connectivity index (χ1n) is 12.6. The van der Waals surface area contributed by atoms with Gasteiger partial charge in [0.1, 0.15) is 12.1 Å². The molecule has 1 aliphatic rings. The Balaban J connectivity index is 2.50. The van der Waals surface area contributed by atoms with Crippen molar-refractivity contribution in [1.82, 2.24) is 16.0 Å². The molecule has 0 saturated carbocycles. The van der Waals surface area contributed by atoms with Crippen LogP contribution in [-0.2, 0) is 42.3 Å². The largest absolute Gasteiger partial charge is 0.527 e. The van der Waals surface area contributed by atoms with E-state index in [0.717, 1.165) is 0 Å². The van der Waals surface area contributed by atoms with Gasteiger partial charge in [-0.2, -0.15) is 0 Å². The van der Waals surface area contributed by atoms with Crippen molar-refractivity contribution in [2.45, 2.75) is 50.0 Å². The SMILES string of the molecule is NC(N)=NCCC[C@H](N)C(=O)NCC(=O)N[C@@H](CC(=O)O)C(=O)NCCCOP(=O)(O)OC1=C(O)C([C@@H](O)CO)OC1=O. The van der Waals surface area contributed by atoms with E-state index in [9.17, 15) is 43.6 Å². The molecule has 1 aliphatic heterocycles. The van der Waals surface area contributed by atoms with Crippen LogP contribution in [0.15, 0.2) is 16.5 Å². The first kappa shape index (κ1) is 37.0. The standard InChI is InChI=1S/C21H36N7O14P/c22-10(3-1-4-26-21(23)24)18(35)27-8-13(31)28-11(7-14(32)33)19(36)25-5-2-6-40-43(38,39)42-17-15(34)16(12(30)9-29)41-20(17)37/h10-12,16,29-30,34H,1-9,22H2,(H,25,36)(H,27,35)(H,28,31)(H,32,33)(H,38,39)(H4,23,24,26)/t10-,11-,12-,16?/m0/s1. The summed E-state index contributed by atoms with van der Waals surface area (Å²) in [5.74, 6) is -7.58. The van der Waals surface area contributed by atoms with Crippen LogP contribution in [0.3, 0.4) is 0 Å². The summed E-state index contributed by atoms with van der Waals surface area (Å²) in [6.45, 7) is -2.06. The van der Waals surface area contributed by atoms with Crippen LogP contribution in [0.25, 0.3) is 0 Å². The van der Waals surface area contributed by atoms with Crippen molar-refractivity contribution in [3.63, 3.8) is 0 Å². The topological polar surface area (TPSA) is 358 Å². The number of carbonyl (C=O) groups excluding carboxylic acids is 4. The number of carbonyl (C=O) groups is 5. The Hall–Kier alpha value is -4.01. The van der Waals surface area contributed by atoms with Crippen molar-refractivity contribution >= 4 is 43.4 Å². The van der Waals surface area contributed by atoms with Gasteiger partial charge in [-0.3, -0.25) is 33.6 Å². The zero-order valence-corrected chi connectivity index (χ0v) is 23.6. The second-order valence-corrected chi connectivity index (χ2v) is 10.2. The minimum Gasteiger partial charge on any atom is -0.505 e. The molecular weight excluding hydrogens is 605 g/mol. The number of phosphoric ester groups is 1. The van der Waals surface area contributed by atoms with Gasteiger partial charge in [-0.05, 0) is 19.3 Å². The third-order valence-corrected chi connectivity index (χ3v) is 6.22. The van der Waals surface area contributed by atoms with Gasteiger partial charge in [0.2, 0.25) is 17.7 Å². The van der Waals surface area contributed by atoms with Crippen molar-refractivity contribution < 1.29 is 67.6 Å². The number of nitrogens with zero attached hydrogens (tertiary/aromatic N) is 1. The number of guanidine groups is 1. The number of phosphoric acid groups is 1. The monoisotopic (exact) mass is 641 g/mol. The van der Waals surface area contributed by atoms with Gasteiger partial charge in [-0.25, -0.2) is 9.36 Å². The average Bonchev–Trinajstić information content (AvgIpc) is 3.20. The van der Waals surface area contributed by atoms with E-state index in [4.69, 9.17) is 27.4 Å². The van der Waals surface area contributed by atoms with Crippen molar-refractivity contribution in [1.29, 1.82) is 0 Å². The predicted octanol–water partition coefficient (Wildman–Crippen LogP) is -4.87. The molecule has 0 spiro atoms. The van der Waals surface area contributed by atoms with Crippen LogP contribution in [0.4, 0.5) is 0 Å². The Labute approximate surface area is 244 Å². The quantitative estimate of drug-likeness (QED) is 0.0195. The maximum absolute atomic E-state index is 12.4. The smallest absolute Gasteiger partial charge is 0.505 e. The lowest BCUT2D eigenvalue weighted by Gasteiger charge is -2.18. The molecule has 0 radical (unpaired) electrons. The van der Waals surface area contributed by atoms with E-state index >= 15 is 0 Å². The summed E-state index contributed by atoms with van der Waals surface area (Å²) >= 11 is 0. The number of hydrogen-bond acceptors (Lipinski definition) is 14. The second kappa shape index (κ2) is 17.8. The van der Waals surface area contributed by atoms with Gasteiger partial charge in [0.25, 0.3) is 5.76 Å². The third-order valence-electron chi connectivity index (χ3n) is 5.30. The molecule has 0 aromatic heterocycles. The second-order valence-electron chi connectivity index (χ2n) is 8.82. The molecule has 2 unspecified atom stereocenters. The number of amides is 3. The number of nitrogens with two attached hydrogens (primary N) is 3. The number of cyclic esters (lactones) is 1. The molecular formula is C21H36N7O14P. The molecule has 0 aromatic carbocycles. The van der Waals surface area contributed by atoms with E-state index in [1.807, 2.05) is 0 Å². The highest BCUT2D eigenvalue weighted by molar-refractivity contribution is 7.47. The van der Waals surface area contributed by atoms with Crippen LogP contribution in [0.1, 0.15) is 25.7 Å². The minimum absolute atomic E-state index is 0.116. The molecule has 3 amide bonds. The van der Waals surface area contributed by atoms with Crippen molar-refractivity contribution in [3.05, 3.63) is 11.5 Å². The van der Waals surface area contributed by atoms with Crippen LogP contribution < -0.4 is 33.2 Å². The Morgan fingerprint density at radius 2 is 1.81 bits per heavy atom. The summed E-state index contributed by atoms with van der Waals surface area (Å²) in [5, 5.41) is 44.0. The number of aliphatic hydroxyl groups excluding tert-OH is 3. The Morgan fingerprint density at radius 3 is 2.42 bits per heavy atom. The summed E-state index contributed by atoms with van der Waals surface area (Å²) in [7, 11) is -5.01. The van der Waals surface area contributed by atoms with E-state index in [1.54, 1.807) is 0 Å². The van der Waals surface area contributed by atoms with Crippen molar-refractivity contribution in [3.8, 4) is 0 Å². The van der Waals surface area contributed by atoms with Gasteiger partial charge in [0.15, 0.2) is 17.8 Å². The predicted molar refractivity (Wildman–Crippen MR) is 142 cm³/mol. The summed E-state index contributed by atoms with van der Waals surface area (Å²) in [6.07, 6.45) is -3.81. The molecule has 0 fully saturated rings. The number of esters is 1. The van der Waals surface area contributed by atoms with Crippen LogP contribution in [0, 0.1) is 0 Å². The first-order chi connectivity index (χ1) is 20.1. The molecule has 0 saturated heterocycles. The number of ether oxygens (including phenoxy) is 1. The number of aliphatic hydroxyl groups is 3. The molecule has 244 valence electrons. The highest BCUT2D eigenvalue weighted by Crippen LogP contribution is 2.47. The lowest BCUT2D eigenvalue weighted by atomic mass is 10.1. The van der Waals surface area contributed by atoms with E-state index in [1.165, 1.54) is 0 Å². The van der Waals surface area contributed by atoms with Crippen molar-refractivity contribution in [2.24, 2.45) is 22.2 Å². The van der Waals surface area contributed by atoms with E-state index in [2.05, 4.69) is 34.7 Å². The lowest BCUT2D eigenvalue weighted by molar-refractivity contribution is -0.147. The third kappa shape index (κ3) is 13.7. The summed E-state index contributed by atoms with van der Waals surface area (Å²) < 4.78 is 25.8. The van der Waals surface area contributed by atoms with Gasteiger partial charge < -0.3 is 62.8 Å². The van der Waals surface area contributed by atoms with Crippen LogP contribution in [0.5, 0.6) is 0 Å².